The number of carbonyl (C=O) groups excluding carboxylic acids is 4. The van der Waals surface area contributed by atoms with Crippen molar-refractivity contribution in [3.8, 4) is 0 Å². The Morgan fingerprint density at radius 3 is 2.52 bits per heavy atom. The Morgan fingerprint density at radius 2 is 1.93 bits per heavy atom. The highest BCUT2D eigenvalue weighted by Crippen LogP contribution is 2.55. The molecular formula is C29H39NO12. The highest BCUT2D eigenvalue weighted by atomic mass is 16.6. The van der Waals surface area contributed by atoms with Crippen LogP contribution in [0.25, 0.3) is 0 Å². The summed E-state index contributed by atoms with van der Waals surface area (Å²) in [5.41, 5.74) is -7.54. The number of ketones is 1. The molecule has 42 heavy (non-hydrogen) atoms. The molecule has 0 unspecified atom stereocenters. The van der Waals surface area contributed by atoms with Crippen LogP contribution in [-0.2, 0) is 42.9 Å². The number of allylic oxidation sites excluding steroid dienone is 1. The number of esters is 3. The van der Waals surface area contributed by atoms with Crippen molar-refractivity contribution in [3.63, 3.8) is 0 Å². The fourth-order valence-corrected chi connectivity index (χ4v) is 6.92. The van der Waals surface area contributed by atoms with Gasteiger partial charge in [-0.2, -0.15) is 0 Å². The molecule has 0 aromatic heterocycles. The number of rotatable bonds is 8. The quantitative estimate of drug-likeness (QED) is 0.200. The van der Waals surface area contributed by atoms with E-state index in [-0.39, 0.29) is 31.4 Å². The summed E-state index contributed by atoms with van der Waals surface area (Å²) in [5, 5.41) is 31.7. The zero-order valence-electron chi connectivity index (χ0n) is 24.3. The van der Waals surface area contributed by atoms with Crippen molar-refractivity contribution in [1.29, 1.82) is 0 Å². The number of carboxylic acids is 1. The Labute approximate surface area is 243 Å². The minimum atomic E-state index is -2.26. The third-order valence-corrected chi connectivity index (χ3v) is 9.34. The summed E-state index contributed by atoms with van der Waals surface area (Å²) in [7, 11) is 1.09. The number of hydrogen-bond acceptors (Lipinski definition) is 12. The fourth-order valence-electron chi connectivity index (χ4n) is 6.92. The normalized spacial score (nSPS) is 38.2. The van der Waals surface area contributed by atoms with E-state index in [1.165, 1.54) is 13.0 Å². The van der Waals surface area contributed by atoms with Gasteiger partial charge in [-0.3, -0.25) is 19.3 Å². The summed E-state index contributed by atoms with van der Waals surface area (Å²) < 4.78 is 22.9. The Kier molecular flexibility index (Phi) is 8.46. The number of aliphatic carboxylic acids is 1. The average molecular weight is 594 g/mol. The van der Waals surface area contributed by atoms with Gasteiger partial charge in [0.25, 0.3) is 0 Å². The molecule has 7 atom stereocenters. The molecule has 13 heteroatoms. The monoisotopic (exact) mass is 593 g/mol. The number of methoxy groups -OCH3 is 1. The van der Waals surface area contributed by atoms with Crippen molar-refractivity contribution < 1.29 is 58.2 Å². The van der Waals surface area contributed by atoms with Crippen LogP contribution < -0.4 is 0 Å². The molecule has 232 valence electrons. The Hall–Kier alpha value is -3.13. The number of ether oxygens (including phenoxy) is 4. The van der Waals surface area contributed by atoms with E-state index in [1.54, 1.807) is 18.7 Å². The molecule has 3 N–H and O–H groups in total. The van der Waals surface area contributed by atoms with Crippen LogP contribution >= 0.6 is 0 Å². The van der Waals surface area contributed by atoms with Crippen LogP contribution in [0.2, 0.25) is 0 Å². The maximum atomic E-state index is 13.9. The summed E-state index contributed by atoms with van der Waals surface area (Å²) >= 11 is 0. The summed E-state index contributed by atoms with van der Waals surface area (Å²) in [6.07, 6.45) is 0.0729. The molecular weight excluding hydrogens is 554 g/mol. The first-order chi connectivity index (χ1) is 19.6. The molecule has 0 amide bonds. The number of aliphatic hydroxyl groups excluding tert-OH is 1. The van der Waals surface area contributed by atoms with Crippen molar-refractivity contribution >= 4 is 29.7 Å². The number of carbonyl (C=O) groups is 5. The molecule has 4 rings (SSSR count). The zero-order chi connectivity index (χ0) is 31.3. The predicted octanol–water partition coefficient (Wildman–Crippen LogP) is 0.449. The van der Waals surface area contributed by atoms with E-state index in [4.69, 9.17) is 18.9 Å². The first-order valence-electron chi connectivity index (χ1n) is 14.0. The van der Waals surface area contributed by atoms with Crippen LogP contribution in [0, 0.1) is 5.92 Å². The van der Waals surface area contributed by atoms with Gasteiger partial charge in [-0.1, -0.05) is 12.7 Å². The minimum Gasteiger partial charge on any atom is -0.480 e. The van der Waals surface area contributed by atoms with Crippen molar-refractivity contribution in [1.82, 2.24) is 4.90 Å². The predicted molar refractivity (Wildman–Crippen MR) is 143 cm³/mol. The number of likely N-dealkylation sites (tertiary alicyclic amines) is 1. The van der Waals surface area contributed by atoms with E-state index >= 15 is 0 Å². The van der Waals surface area contributed by atoms with Crippen molar-refractivity contribution in [2.24, 2.45) is 5.92 Å². The first kappa shape index (κ1) is 31.8. The van der Waals surface area contributed by atoms with Crippen LogP contribution in [0.5, 0.6) is 0 Å². The van der Waals surface area contributed by atoms with E-state index in [0.29, 0.717) is 19.4 Å². The van der Waals surface area contributed by atoms with Crippen LogP contribution in [0.15, 0.2) is 23.8 Å². The Bertz CT molecular complexity index is 1230. The lowest BCUT2D eigenvalue weighted by molar-refractivity contribution is -0.194. The lowest BCUT2D eigenvalue weighted by Crippen LogP contribution is -2.59. The Morgan fingerprint density at radius 1 is 1.24 bits per heavy atom. The summed E-state index contributed by atoms with van der Waals surface area (Å²) in [6, 6.07) is -0.839. The third kappa shape index (κ3) is 4.95. The molecule has 4 fully saturated rings. The number of hydrogen-bond donors (Lipinski definition) is 3. The van der Waals surface area contributed by atoms with Crippen LogP contribution in [-0.4, -0.2) is 111 Å². The van der Waals surface area contributed by atoms with Gasteiger partial charge in [0.1, 0.15) is 23.3 Å². The molecule has 2 bridgehead atoms. The van der Waals surface area contributed by atoms with E-state index in [2.05, 4.69) is 6.58 Å². The maximum absolute atomic E-state index is 13.9. The van der Waals surface area contributed by atoms with E-state index < -0.39 is 88.7 Å². The molecule has 4 heterocycles. The van der Waals surface area contributed by atoms with E-state index in [0.717, 1.165) is 7.11 Å². The molecule has 4 saturated heterocycles. The number of nitrogens with zero attached hydrogens (tertiary/aromatic N) is 1. The largest absolute Gasteiger partial charge is 0.480 e. The molecule has 0 aliphatic carbocycles. The van der Waals surface area contributed by atoms with Crippen molar-refractivity contribution in [2.45, 2.75) is 93.8 Å². The molecule has 0 saturated carbocycles. The van der Waals surface area contributed by atoms with Gasteiger partial charge in [-0.25, -0.2) is 9.59 Å². The molecule has 0 spiro atoms. The number of aliphatic hydroxyl groups is 2. The molecule has 13 nitrogen and oxygen atoms in total. The summed E-state index contributed by atoms with van der Waals surface area (Å²) in [5.74, 6) is -5.67. The average Bonchev–Trinajstić information content (AvgIpc) is 3.56. The molecule has 0 aromatic rings. The van der Waals surface area contributed by atoms with Gasteiger partial charge in [0, 0.05) is 19.4 Å². The number of fused-ring (bicyclic) bond motifs is 3. The lowest BCUT2D eigenvalue weighted by Gasteiger charge is -2.42. The molecule has 0 aromatic carbocycles. The van der Waals surface area contributed by atoms with Gasteiger partial charge in [0.2, 0.25) is 0 Å². The smallest absolute Gasteiger partial charge is 0.337 e. The van der Waals surface area contributed by atoms with Gasteiger partial charge in [-0.15, -0.1) is 0 Å². The second-order valence-electron chi connectivity index (χ2n) is 12.0. The minimum absolute atomic E-state index is 0.00519. The summed E-state index contributed by atoms with van der Waals surface area (Å²) in [6.45, 7) is 7.98. The van der Waals surface area contributed by atoms with Crippen LogP contribution in [0.4, 0.5) is 0 Å². The topological polar surface area (TPSA) is 186 Å². The SMILES string of the molecule is C=C(C(=O)OC)[C@]12O[C@@](C)(CC[C@]3(O)/C(=C\C)C(=O)O[C@]3(C)C[C@@H]1OC(=O)[C@H](CO)CN1CCC[C@@H]1C(=O)O)CC2=O. The second kappa shape index (κ2) is 11.2. The second-order valence-corrected chi connectivity index (χ2v) is 12.0. The van der Waals surface area contributed by atoms with Crippen LogP contribution in [0.3, 0.4) is 0 Å². The highest BCUT2D eigenvalue weighted by Gasteiger charge is 2.69. The van der Waals surface area contributed by atoms with Gasteiger partial charge >= 0.3 is 23.9 Å². The number of carboxylic acid groups (broad SMARTS) is 1. The molecule has 0 radical (unpaired) electrons. The zero-order valence-corrected chi connectivity index (χ0v) is 24.3. The summed E-state index contributed by atoms with van der Waals surface area (Å²) in [4.78, 5) is 66.5. The van der Waals surface area contributed by atoms with Gasteiger partial charge in [0.05, 0.1) is 36.4 Å². The van der Waals surface area contributed by atoms with Crippen molar-refractivity contribution in [2.75, 3.05) is 26.8 Å². The molecule has 4 aliphatic rings. The fraction of sp³-hybridized carbons (Fsp3) is 0.690. The maximum Gasteiger partial charge on any atom is 0.337 e. The van der Waals surface area contributed by atoms with Gasteiger partial charge in [-0.05, 0) is 53.0 Å². The highest BCUT2D eigenvalue weighted by molar-refractivity contribution is 6.05. The van der Waals surface area contributed by atoms with Gasteiger partial charge in [0.15, 0.2) is 11.4 Å². The standard InChI is InChI=1S/C29H39NO12/c1-6-18-25(37)41-27(4)13-21(40-24(36)17(15-31)14-30-11-7-8-19(30)22(33)34)29(16(2)23(35)39-5)20(32)12-26(3,42-29)9-10-28(18,27)38/h6,17,19,21,31,38H,2,7-15H2,1,3-5H3,(H,33,34)/b18-6-/t17-,19+,21-,26-,27+,28-,29+/m0/s1. The third-order valence-electron chi connectivity index (χ3n) is 9.34. The van der Waals surface area contributed by atoms with Crippen LogP contribution in [0.1, 0.15) is 59.3 Å². The first-order valence-corrected chi connectivity index (χ1v) is 14.0. The van der Waals surface area contributed by atoms with E-state index in [1.807, 2.05) is 0 Å². The number of Topliss-reactive ketones (excluding diaryl/α,β-unsaturated/α-hetero) is 1. The van der Waals surface area contributed by atoms with Crippen molar-refractivity contribution in [3.05, 3.63) is 23.8 Å². The van der Waals surface area contributed by atoms with Gasteiger partial charge < -0.3 is 34.3 Å². The molecule has 4 aliphatic heterocycles. The van der Waals surface area contributed by atoms with E-state index in [9.17, 15) is 39.3 Å². The lowest BCUT2D eigenvalue weighted by atomic mass is 9.69. The Balaban J connectivity index is 1.80.